The topological polar surface area (TPSA) is 116 Å². The lowest BCUT2D eigenvalue weighted by Gasteiger charge is -2.08. The van der Waals surface area contributed by atoms with Crippen LogP contribution in [-0.2, 0) is 4.79 Å². The van der Waals surface area contributed by atoms with E-state index in [1.807, 2.05) is 30.3 Å². The Hall–Kier alpha value is -3.33. The molecule has 0 aliphatic rings. The molecule has 2 aromatic carbocycles. The number of anilines is 1. The second kappa shape index (κ2) is 7.92. The first-order valence-electron chi connectivity index (χ1n) is 8.01. The molecule has 3 aromatic rings. The summed E-state index contributed by atoms with van der Waals surface area (Å²) in [7, 11) is 0. The molecule has 138 valence electrons. The van der Waals surface area contributed by atoms with Crippen LogP contribution in [0.3, 0.4) is 0 Å². The van der Waals surface area contributed by atoms with Gasteiger partial charge in [-0.2, -0.15) is 0 Å². The van der Waals surface area contributed by atoms with Gasteiger partial charge in [0.2, 0.25) is 5.91 Å². The fourth-order valence-corrected chi connectivity index (χ4v) is 3.15. The van der Waals surface area contributed by atoms with E-state index in [0.29, 0.717) is 16.4 Å². The number of nitrogens with zero attached hydrogens (tertiary/aromatic N) is 3. The fourth-order valence-electron chi connectivity index (χ4n) is 2.45. The highest BCUT2D eigenvalue weighted by atomic mass is 32.2. The summed E-state index contributed by atoms with van der Waals surface area (Å²) in [4.78, 5) is 27.0. The highest BCUT2D eigenvalue weighted by Gasteiger charge is 2.13. The molecule has 3 N–H and O–H groups in total. The van der Waals surface area contributed by atoms with Crippen LogP contribution in [0.2, 0.25) is 0 Å². The van der Waals surface area contributed by atoms with Crippen LogP contribution in [0.1, 0.15) is 5.56 Å². The largest absolute Gasteiger partial charge is 0.337 e. The van der Waals surface area contributed by atoms with E-state index >= 15 is 0 Å². The lowest BCUT2D eigenvalue weighted by molar-refractivity contribution is -0.384. The maximum absolute atomic E-state index is 12.2. The number of aryl methyl sites for hydroxylation is 1. The number of hydrogen-bond acceptors (Lipinski definition) is 6. The van der Waals surface area contributed by atoms with Gasteiger partial charge in [-0.1, -0.05) is 42.1 Å². The Labute approximate surface area is 159 Å². The van der Waals surface area contributed by atoms with Gasteiger partial charge in [-0.25, -0.2) is 9.66 Å². The van der Waals surface area contributed by atoms with Gasteiger partial charge >= 0.3 is 0 Å². The Balaban J connectivity index is 1.63. The Morgan fingerprint density at radius 1 is 1.30 bits per heavy atom. The van der Waals surface area contributed by atoms with Crippen molar-refractivity contribution in [2.45, 2.75) is 12.1 Å². The number of thioether (sulfide) groups is 1. The van der Waals surface area contributed by atoms with E-state index in [1.165, 1.54) is 34.6 Å². The van der Waals surface area contributed by atoms with Gasteiger partial charge in [-0.3, -0.25) is 14.9 Å². The molecule has 0 fully saturated rings. The van der Waals surface area contributed by atoms with E-state index in [1.54, 1.807) is 13.1 Å². The SMILES string of the molecule is Cc1cc([N+](=O)[O-])ccc1NC(=O)CSc1nc(-c2ccccc2)cn1N. The molecule has 1 amide bonds. The van der Waals surface area contributed by atoms with Crippen molar-refractivity contribution >= 4 is 29.0 Å². The van der Waals surface area contributed by atoms with Crippen LogP contribution in [0.4, 0.5) is 11.4 Å². The van der Waals surface area contributed by atoms with Gasteiger partial charge in [0.25, 0.3) is 5.69 Å². The highest BCUT2D eigenvalue weighted by Crippen LogP contribution is 2.24. The first kappa shape index (κ1) is 18.5. The Morgan fingerprint density at radius 3 is 2.70 bits per heavy atom. The standard InChI is InChI=1S/C18H17N5O3S/c1-12-9-14(23(25)26)7-8-15(12)20-17(24)11-27-18-21-16(10-22(18)19)13-5-3-2-4-6-13/h2-10H,11,19H2,1H3,(H,20,24). The summed E-state index contributed by atoms with van der Waals surface area (Å²) in [6.07, 6.45) is 1.70. The molecule has 0 bridgehead atoms. The number of aromatic nitrogens is 2. The average molecular weight is 383 g/mol. The van der Waals surface area contributed by atoms with Crippen LogP contribution >= 0.6 is 11.8 Å². The van der Waals surface area contributed by atoms with Crippen LogP contribution in [-0.4, -0.2) is 26.2 Å². The third-order valence-corrected chi connectivity index (χ3v) is 4.76. The highest BCUT2D eigenvalue weighted by molar-refractivity contribution is 7.99. The van der Waals surface area contributed by atoms with Crippen LogP contribution in [0.15, 0.2) is 59.9 Å². The maximum Gasteiger partial charge on any atom is 0.269 e. The number of carbonyl (C=O) groups is 1. The summed E-state index contributed by atoms with van der Waals surface area (Å²) < 4.78 is 1.39. The number of amides is 1. The Morgan fingerprint density at radius 2 is 2.04 bits per heavy atom. The zero-order valence-corrected chi connectivity index (χ0v) is 15.3. The van der Waals surface area contributed by atoms with Crippen molar-refractivity contribution in [3.05, 3.63) is 70.4 Å². The molecule has 0 radical (unpaired) electrons. The fraction of sp³-hybridized carbons (Fsp3) is 0.111. The predicted molar refractivity (Wildman–Crippen MR) is 105 cm³/mol. The Kier molecular flexibility index (Phi) is 5.41. The monoisotopic (exact) mass is 383 g/mol. The minimum Gasteiger partial charge on any atom is -0.337 e. The Bertz CT molecular complexity index is 988. The number of rotatable bonds is 6. The van der Waals surface area contributed by atoms with Crippen LogP contribution in [0.5, 0.6) is 0 Å². The second-order valence-electron chi connectivity index (χ2n) is 5.78. The number of non-ortho nitro benzene ring substituents is 1. The van der Waals surface area contributed by atoms with E-state index in [4.69, 9.17) is 5.84 Å². The van der Waals surface area contributed by atoms with Crippen LogP contribution in [0.25, 0.3) is 11.3 Å². The van der Waals surface area contributed by atoms with Crippen molar-refractivity contribution in [3.8, 4) is 11.3 Å². The van der Waals surface area contributed by atoms with Crippen molar-refractivity contribution in [1.29, 1.82) is 0 Å². The maximum atomic E-state index is 12.2. The molecule has 9 heteroatoms. The first-order valence-corrected chi connectivity index (χ1v) is 9.00. The number of imidazole rings is 1. The molecule has 1 heterocycles. The number of benzene rings is 2. The third-order valence-electron chi connectivity index (χ3n) is 3.80. The molecule has 0 saturated carbocycles. The smallest absolute Gasteiger partial charge is 0.269 e. The summed E-state index contributed by atoms with van der Waals surface area (Å²) in [6.45, 7) is 1.70. The second-order valence-corrected chi connectivity index (χ2v) is 6.72. The van der Waals surface area contributed by atoms with E-state index in [9.17, 15) is 14.9 Å². The minimum atomic E-state index is -0.472. The molecule has 0 aliphatic carbocycles. The summed E-state index contributed by atoms with van der Waals surface area (Å²) >= 11 is 1.21. The number of nitrogen functional groups attached to an aromatic ring is 1. The lowest BCUT2D eigenvalue weighted by atomic mass is 10.2. The van der Waals surface area contributed by atoms with Crippen molar-refractivity contribution in [2.24, 2.45) is 0 Å². The number of nitrogens with two attached hydrogens (primary N) is 1. The molecule has 27 heavy (non-hydrogen) atoms. The molecule has 3 rings (SSSR count). The number of nitro benzene ring substituents is 1. The molecule has 0 spiro atoms. The average Bonchev–Trinajstić information content (AvgIpc) is 3.03. The molecule has 8 nitrogen and oxygen atoms in total. The quantitative estimate of drug-likeness (QED) is 0.292. The molecule has 0 atom stereocenters. The van der Waals surface area contributed by atoms with Crippen molar-refractivity contribution in [3.63, 3.8) is 0 Å². The molecule has 0 unspecified atom stereocenters. The van der Waals surface area contributed by atoms with Crippen LogP contribution in [0, 0.1) is 17.0 Å². The van der Waals surface area contributed by atoms with E-state index in [2.05, 4.69) is 10.3 Å². The van der Waals surface area contributed by atoms with Gasteiger partial charge in [0.05, 0.1) is 22.6 Å². The molecule has 0 aliphatic heterocycles. The minimum absolute atomic E-state index is 0.0153. The van der Waals surface area contributed by atoms with Gasteiger partial charge in [0.1, 0.15) is 0 Å². The van der Waals surface area contributed by atoms with Crippen LogP contribution < -0.4 is 11.2 Å². The first-order chi connectivity index (χ1) is 12.9. The predicted octanol–water partition coefficient (Wildman–Crippen LogP) is 3.21. The number of carbonyl (C=O) groups excluding carboxylic acids is 1. The molecule has 1 aromatic heterocycles. The third kappa shape index (κ3) is 4.45. The van der Waals surface area contributed by atoms with E-state index < -0.39 is 4.92 Å². The number of hydrogen-bond donors (Lipinski definition) is 2. The van der Waals surface area contributed by atoms with Crippen molar-refractivity contribution < 1.29 is 9.72 Å². The van der Waals surface area contributed by atoms with Gasteiger partial charge in [-0.05, 0) is 18.6 Å². The summed E-state index contributed by atoms with van der Waals surface area (Å²) in [5.41, 5.74) is 2.81. The molecular weight excluding hydrogens is 366 g/mol. The van der Waals surface area contributed by atoms with Gasteiger partial charge in [0.15, 0.2) is 5.16 Å². The number of nitrogens with one attached hydrogen (secondary N) is 1. The van der Waals surface area contributed by atoms with Gasteiger partial charge in [0, 0.05) is 23.4 Å². The summed E-state index contributed by atoms with van der Waals surface area (Å²) in [5.74, 6) is 5.79. The molecular formula is C18H17N5O3S. The van der Waals surface area contributed by atoms with Crippen molar-refractivity contribution in [2.75, 3.05) is 16.9 Å². The zero-order valence-electron chi connectivity index (χ0n) is 14.5. The van der Waals surface area contributed by atoms with E-state index in [0.717, 1.165) is 11.3 Å². The summed E-state index contributed by atoms with van der Waals surface area (Å²) in [5, 5.41) is 14.0. The van der Waals surface area contributed by atoms with Gasteiger partial charge < -0.3 is 11.2 Å². The summed E-state index contributed by atoms with van der Waals surface area (Å²) in [6, 6.07) is 13.9. The lowest BCUT2D eigenvalue weighted by Crippen LogP contribution is -2.16. The zero-order chi connectivity index (χ0) is 19.4. The van der Waals surface area contributed by atoms with Gasteiger partial charge in [-0.15, -0.1) is 0 Å². The normalized spacial score (nSPS) is 10.6. The van der Waals surface area contributed by atoms with E-state index in [-0.39, 0.29) is 17.3 Å². The molecule has 0 saturated heterocycles. The number of nitro groups is 1. The van der Waals surface area contributed by atoms with Crippen molar-refractivity contribution in [1.82, 2.24) is 9.66 Å².